The van der Waals surface area contributed by atoms with Crippen LogP contribution < -0.4 is 10.5 Å². The van der Waals surface area contributed by atoms with Crippen LogP contribution in [0.15, 0.2) is 48.5 Å². The monoisotopic (exact) mass is 289 g/mol. The molecule has 1 amide bonds. The first-order valence-corrected chi connectivity index (χ1v) is 6.39. The molecule has 0 heterocycles. The molecule has 5 heteroatoms. The van der Waals surface area contributed by atoms with Gasteiger partial charge in [-0.25, -0.2) is 4.39 Å². The number of carbonyl (C=O) groups excluding carboxylic acids is 1. The van der Waals surface area contributed by atoms with E-state index < -0.39 is 12.3 Å². The molecule has 0 spiro atoms. The number of hydrogen-bond donors (Lipinski definition) is 1. The van der Waals surface area contributed by atoms with Crippen molar-refractivity contribution >= 4 is 5.91 Å². The van der Waals surface area contributed by atoms with Gasteiger partial charge in [-0.1, -0.05) is 30.3 Å². The number of methoxy groups -OCH3 is 1. The maximum atomic E-state index is 13.5. The zero-order chi connectivity index (χ0) is 15.2. The van der Waals surface area contributed by atoms with Gasteiger partial charge in [-0.2, -0.15) is 0 Å². The number of amides is 1. The zero-order valence-corrected chi connectivity index (χ0v) is 11.6. The Morgan fingerprint density at radius 2 is 1.95 bits per heavy atom. The lowest BCUT2D eigenvalue weighted by molar-refractivity contribution is -0.00667. The molecule has 0 aliphatic carbocycles. The van der Waals surface area contributed by atoms with Crippen molar-refractivity contribution in [1.82, 2.24) is 0 Å². The Labute approximate surface area is 122 Å². The molecule has 0 saturated carbocycles. The van der Waals surface area contributed by atoms with Crippen molar-refractivity contribution in [3.8, 4) is 5.75 Å². The van der Waals surface area contributed by atoms with Crippen LogP contribution in [0.5, 0.6) is 5.75 Å². The summed E-state index contributed by atoms with van der Waals surface area (Å²) in [6.07, 6.45) is -1.61. The number of rotatable bonds is 6. The number of ether oxygens (including phenoxy) is 2. The third kappa shape index (κ3) is 3.79. The molecule has 4 nitrogen and oxygen atoms in total. The number of halogens is 1. The molecule has 21 heavy (non-hydrogen) atoms. The van der Waals surface area contributed by atoms with Crippen LogP contribution >= 0.6 is 0 Å². The molecule has 0 radical (unpaired) electrons. The van der Waals surface area contributed by atoms with Crippen molar-refractivity contribution in [2.75, 3.05) is 7.11 Å². The standard InChI is InChI=1S/C16H16FNO3/c1-20-15(17)12-7-8-14(13(9-12)16(18)19)21-10-11-5-3-2-4-6-11/h2-9,15H,10H2,1H3,(H2,18,19). The second kappa shape index (κ2) is 6.85. The summed E-state index contributed by atoms with van der Waals surface area (Å²) in [6, 6.07) is 13.9. The van der Waals surface area contributed by atoms with Gasteiger partial charge in [0.25, 0.3) is 5.91 Å². The minimum absolute atomic E-state index is 0.128. The predicted molar refractivity (Wildman–Crippen MR) is 76.6 cm³/mol. The third-order valence-electron chi connectivity index (χ3n) is 2.98. The molecule has 2 N–H and O–H groups in total. The van der Waals surface area contributed by atoms with E-state index in [2.05, 4.69) is 4.74 Å². The summed E-state index contributed by atoms with van der Waals surface area (Å²) in [6.45, 7) is 0.295. The van der Waals surface area contributed by atoms with Crippen molar-refractivity contribution in [1.29, 1.82) is 0 Å². The first kappa shape index (κ1) is 15.0. The highest BCUT2D eigenvalue weighted by molar-refractivity contribution is 5.95. The summed E-state index contributed by atoms with van der Waals surface area (Å²) < 4.78 is 23.6. The van der Waals surface area contributed by atoms with Crippen molar-refractivity contribution in [3.05, 3.63) is 65.2 Å². The van der Waals surface area contributed by atoms with Gasteiger partial charge in [0.2, 0.25) is 6.36 Å². The van der Waals surface area contributed by atoms with Crippen LogP contribution in [0.1, 0.15) is 27.8 Å². The van der Waals surface area contributed by atoms with Crippen molar-refractivity contribution in [2.24, 2.45) is 5.73 Å². The van der Waals surface area contributed by atoms with Gasteiger partial charge in [0.1, 0.15) is 12.4 Å². The number of nitrogens with two attached hydrogens (primary N) is 1. The molecule has 0 saturated heterocycles. The summed E-state index contributed by atoms with van der Waals surface area (Å²) >= 11 is 0. The lowest BCUT2D eigenvalue weighted by Gasteiger charge is -2.13. The van der Waals surface area contributed by atoms with E-state index in [1.54, 1.807) is 0 Å². The Balaban J connectivity index is 2.20. The SMILES string of the molecule is COC(F)c1ccc(OCc2ccccc2)c(C(N)=O)c1. The number of carbonyl (C=O) groups is 1. The Morgan fingerprint density at radius 3 is 2.57 bits per heavy atom. The fraction of sp³-hybridized carbons (Fsp3) is 0.188. The van der Waals surface area contributed by atoms with E-state index in [9.17, 15) is 9.18 Å². The van der Waals surface area contributed by atoms with E-state index in [0.717, 1.165) is 5.56 Å². The first-order valence-electron chi connectivity index (χ1n) is 6.39. The van der Waals surface area contributed by atoms with Crippen LogP contribution in [-0.2, 0) is 11.3 Å². The Morgan fingerprint density at radius 1 is 1.24 bits per heavy atom. The molecule has 2 aromatic carbocycles. The molecular formula is C16H16FNO3. The van der Waals surface area contributed by atoms with Crippen LogP contribution in [0.25, 0.3) is 0 Å². The minimum Gasteiger partial charge on any atom is -0.488 e. The highest BCUT2D eigenvalue weighted by Crippen LogP contribution is 2.26. The predicted octanol–water partition coefficient (Wildman–Crippen LogP) is 2.98. The van der Waals surface area contributed by atoms with Crippen LogP contribution in [-0.4, -0.2) is 13.0 Å². The van der Waals surface area contributed by atoms with E-state index >= 15 is 0 Å². The molecule has 2 aromatic rings. The molecule has 0 aliphatic rings. The Kier molecular flexibility index (Phi) is 4.90. The van der Waals surface area contributed by atoms with E-state index in [1.807, 2.05) is 30.3 Å². The van der Waals surface area contributed by atoms with Gasteiger partial charge in [0.05, 0.1) is 5.56 Å². The normalized spacial score (nSPS) is 11.9. The van der Waals surface area contributed by atoms with E-state index in [4.69, 9.17) is 10.5 Å². The molecule has 0 aliphatic heterocycles. The highest BCUT2D eigenvalue weighted by Gasteiger charge is 2.15. The molecule has 2 rings (SSSR count). The topological polar surface area (TPSA) is 61.6 Å². The highest BCUT2D eigenvalue weighted by atomic mass is 19.1. The average molecular weight is 289 g/mol. The quantitative estimate of drug-likeness (QED) is 0.889. The first-order chi connectivity index (χ1) is 10.1. The summed E-state index contributed by atoms with van der Waals surface area (Å²) in [4.78, 5) is 11.5. The average Bonchev–Trinajstić information content (AvgIpc) is 2.52. The van der Waals surface area contributed by atoms with Gasteiger partial charge < -0.3 is 15.2 Å². The molecule has 0 aromatic heterocycles. The van der Waals surface area contributed by atoms with Crippen molar-refractivity contribution in [3.63, 3.8) is 0 Å². The summed E-state index contributed by atoms with van der Waals surface area (Å²) in [7, 11) is 1.24. The number of hydrogen-bond acceptors (Lipinski definition) is 3. The zero-order valence-electron chi connectivity index (χ0n) is 11.6. The van der Waals surface area contributed by atoms with Crippen LogP contribution in [0, 0.1) is 0 Å². The van der Waals surface area contributed by atoms with Crippen molar-refractivity contribution < 1.29 is 18.7 Å². The Hall–Kier alpha value is -2.40. The number of primary amides is 1. The summed E-state index contributed by atoms with van der Waals surface area (Å²) in [5.74, 6) is -0.360. The number of benzene rings is 2. The minimum atomic E-state index is -1.61. The van der Waals surface area contributed by atoms with E-state index in [0.29, 0.717) is 12.4 Å². The Bertz CT molecular complexity index is 616. The lowest BCUT2D eigenvalue weighted by atomic mass is 10.1. The largest absolute Gasteiger partial charge is 0.488 e. The molecule has 1 atom stereocenters. The van der Waals surface area contributed by atoms with Gasteiger partial charge in [-0.05, 0) is 23.8 Å². The van der Waals surface area contributed by atoms with Gasteiger partial charge in [-0.3, -0.25) is 4.79 Å². The summed E-state index contributed by atoms with van der Waals surface area (Å²) in [5, 5.41) is 0. The maximum absolute atomic E-state index is 13.5. The molecule has 0 fully saturated rings. The second-order valence-corrected chi connectivity index (χ2v) is 4.45. The van der Waals surface area contributed by atoms with Crippen LogP contribution in [0.3, 0.4) is 0 Å². The summed E-state index contributed by atoms with van der Waals surface area (Å²) in [5.41, 5.74) is 6.62. The third-order valence-corrected chi connectivity index (χ3v) is 2.98. The van der Waals surface area contributed by atoms with Gasteiger partial charge in [0, 0.05) is 12.7 Å². The van der Waals surface area contributed by atoms with E-state index in [1.165, 1.54) is 25.3 Å². The van der Waals surface area contributed by atoms with Gasteiger partial charge in [-0.15, -0.1) is 0 Å². The van der Waals surface area contributed by atoms with Crippen LogP contribution in [0.2, 0.25) is 0 Å². The number of alkyl halides is 1. The molecule has 1 unspecified atom stereocenters. The van der Waals surface area contributed by atoms with Gasteiger partial charge >= 0.3 is 0 Å². The smallest absolute Gasteiger partial charge is 0.252 e. The van der Waals surface area contributed by atoms with Crippen molar-refractivity contribution in [2.45, 2.75) is 13.0 Å². The van der Waals surface area contributed by atoms with E-state index in [-0.39, 0.29) is 11.1 Å². The molecule has 110 valence electrons. The molecule has 0 bridgehead atoms. The second-order valence-electron chi connectivity index (χ2n) is 4.45. The fourth-order valence-corrected chi connectivity index (χ4v) is 1.88. The maximum Gasteiger partial charge on any atom is 0.252 e. The van der Waals surface area contributed by atoms with Crippen LogP contribution in [0.4, 0.5) is 4.39 Å². The lowest BCUT2D eigenvalue weighted by Crippen LogP contribution is -2.14. The van der Waals surface area contributed by atoms with Gasteiger partial charge in [0.15, 0.2) is 0 Å². The fourth-order valence-electron chi connectivity index (χ4n) is 1.88. The molecular weight excluding hydrogens is 273 g/mol.